The summed E-state index contributed by atoms with van der Waals surface area (Å²) in [5.41, 5.74) is 6.38. The number of rotatable bonds is 8. The lowest BCUT2D eigenvalue weighted by Crippen LogP contribution is -2.49. The Bertz CT molecular complexity index is 1350. The van der Waals surface area contributed by atoms with Crippen molar-refractivity contribution in [3.05, 3.63) is 83.2 Å². The molecule has 0 unspecified atom stereocenters. The summed E-state index contributed by atoms with van der Waals surface area (Å²) in [6.07, 6.45) is 6.95. The number of nitriles is 1. The summed E-state index contributed by atoms with van der Waals surface area (Å²) < 4.78 is 0. The largest absolute Gasteiger partial charge is 0.382 e. The molecule has 2 saturated heterocycles. The van der Waals surface area contributed by atoms with Gasteiger partial charge in [-0.15, -0.1) is 0 Å². The van der Waals surface area contributed by atoms with Crippen LogP contribution in [0.15, 0.2) is 65.9 Å². The van der Waals surface area contributed by atoms with Gasteiger partial charge in [-0.2, -0.15) is 5.26 Å². The number of piperidine rings is 1. The number of piperazine rings is 1. The predicted molar refractivity (Wildman–Crippen MR) is 164 cm³/mol. The van der Waals surface area contributed by atoms with E-state index >= 15 is 0 Å². The summed E-state index contributed by atoms with van der Waals surface area (Å²) in [6.45, 7) is 18.2. The van der Waals surface area contributed by atoms with Crippen LogP contribution in [0.2, 0.25) is 0 Å². The van der Waals surface area contributed by atoms with Gasteiger partial charge in [-0.05, 0) is 86.5 Å². The van der Waals surface area contributed by atoms with Gasteiger partial charge in [-0.3, -0.25) is 9.93 Å². The highest BCUT2D eigenvalue weighted by molar-refractivity contribution is 7.97. The molecule has 1 amide bonds. The number of amides is 1. The number of hydrogen-bond acceptors (Lipinski definition) is 8. The molecular weight excluding hydrogens is 518 g/mol. The molecule has 2 fully saturated rings. The van der Waals surface area contributed by atoms with Crippen molar-refractivity contribution in [1.29, 1.82) is 5.26 Å². The molecular formula is C31H39N7OS. The van der Waals surface area contributed by atoms with E-state index in [0.717, 1.165) is 70.3 Å². The van der Waals surface area contributed by atoms with Gasteiger partial charge in [0.1, 0.15) is 11.9 Å². The Kier molecular flexibility index (Phi) is 9.56. The number of nitrogens with zero attached hydrogens (tertiary/aromatic N) is 5. The van der Waals surface area contributed by atoms with E-state index in [1.807, 2.05) is 24.0 Å². The van der Waals surface area contributed by atoms with Crippen LogP contribution in [-0.2, 0) is 0 Å². The SMILES string of the molecule is C=C/C(C#N)=C(\C=C)N1CCC(Nc2c(C)cc(C)c(C(=O)N3CCN(c4ncccc4SN)CC3)c2C)CC1. The number of benzene rings is 1. The standard InChI is InChI=1S/C31H39N7OS/c1-6-24(20-32)26(7-2)36-13-10-25(11-14-36)35-29-22(4)19-21(3)28(23(29)5)31(39)38-17-15-37(16-18-38)30-27(40-33)9-8-12-34-30/h6-9,12,19,25,35H,1-2,10-11,13-18,33H2,3-5H3/b26-24-. The van der Waals surface area contributed by atoms with Crippen molar-refractivity contribution in [1.82, 2.24) is 14.8 Å². The molecule has 0 spiro atoms. The fourth-order valence-electron chi connectivity index (χ4n) is 5.81. The highest BCUT2D eigenvalue weighted by atomic mass is 32.2. The molecule has 1 aromatic carbocycles. The number of nitrogens with one attached hydrogen (secondary N) is 1. The van der Waals surface area contributed by atoms with Gasteiger partial charge in [-0.25, -0.2) is 4.98 Å². The molecule has 2 aliphatic rings. The Hall–Kier alpha value is -3.74. The normalized spacial score (nSPS) is 16.7. The maximum Gasteiger partial charge on any atom is 0.254 e. The number of aromatic nitrogens is 1. The first-order valence-corrected chi connectivity index (χ1v) is 14.6. The monoisotopic (exact) mass is 557 g/mol. The van der Waals surface area contributed by atoms with E-state index in [-0.39, 0.29) is 11.9 Å². The summed E-state index contributed by atoms with van der Waals surface area (Å²) in [7, 11) is 0. The van der Waals surface area contributed by atoms with Gasteiger partial charge in [0, 0.05) is 62.8 Å². The average Bonchev–Trinajstić information content (AvgIpc) is 2.98. The van der Waals surface area contributed by atoms with Crippen LogP contribution in [0.25, 0.3) is 0 Å². The number of allylic oxidation sites excluding steroid dienone is 3. The molecule has 4 rings (SSSR count). The number of carbonyl (C=O) groups is 1. The number of hydrogen-bond donors (Lipinski definition) is 2. The third kappa shape index (κ3) is 6.03. The maximum atomic E-state index is 13.8. The Morgan fingerprint density at radius 2 is 1.80 bits per heavy atom. The number of likely N-dealkylation sites (tertiary alicyclic amines) is 1. The van der Waals surface area contributed by atoms with E-state index in [9.17, 15) is 10.1 Å². The molecule has 210 valence electrons. The Morgan fingerprint density at radius 3 is 2.40 bits per heavy atom. The van der Waals surface area contributed by atoms with Crippen LogP contribution in [0, 0.1) is 32.1 Å². The topological polar surface area (TPSA) is 102 Å². The van der Waals surface area contributed by atoms with Crippen molar-refractivity contribution in [3.8, 4) is 6.07 Å². The molecule has 0 atom stereocenters. The van der Waals surface area contributed by atoms with Gasteiger partial charge >= 0.3 is 0 Å². The minimum Gasteiger partial charge on any atom is -0.382 e. The second-order valence-corrected chi connectivity index (χ2v) is 11.0. The molecule has 2 aromatic rings. The van der Waals surface area contributed by atoms with Crippen molar-refractivity contribution in [2.75, 3.05) is 49.5 Å². The van der Waals surface area contributed by atoms with Crippen LogP contribution in [0.3, 0.4) is 0 Å². The number of pyridine rings is 1. The van der Waals surface area contributed by atoms with Crippen LogP contribution in [0.5, 0.6) is 0 Å². The third-order valence-electron chi connectivity index (χ3n) is 7.91. The van der Waals surface area contributed by atoms with Crippen LogP contribution in [-0.4, -0.2) is 66.0 Å². The summed E-state index contributed by atoms with van der Waals surface area (Å²) in [6, 6.07) is 8.47. The Morgan fingerprint density at radius 1 is 1.10 bits per heavy atom. The van der Waals surface area contributed by atoms with E-state index in [4.69, 9.17) is 5.14 Å². The molecule has 3 heterocycles. The number of carbonyl (C=O) groups excluding carboxylic acids is 1. The quantitative estimate of drug-likeness (QED) is 0.267. The summed E-state index contributed by atoms with van der Waals surface area (Å²) in [5.74, 6) is 0.961. The average molecular weight is 558 g/mol. The molecule has 3 N–H and O–H groups in total. The zero-order chi connectivity index (χ0) is 28.8. The van der Waals surface area contributed by atoms with Crippen molar-refractivity contribution in [2.24, 2.45) is 5.14 Å². The molecule has 0 saturated carbocycles. The lowest BCUT2D eigenvalue weighted by molar-refractivity contribution is 0.0745. The zero-order valence-electron chi connectivity index (χ0n) is 23.7. The van der Waals surface area contributed by atoms with E-state index < -0.39 is 0 Å². The third-order valence-corrected chi connectivity index (χ3v) is 8.48. The maximum absolute atomic E-state index is 13.8. The molecule has 40 heavy (non-hydrogen) atoms. The Balaban J connectivity index is 1.46. The van der Waals surface area contributed by atoms with Crippen molar-refractivity contribution in [2.45, 2.75) is 44.6 Å². The van der Waals surface area contributed by atoms with Crippen molar-refractivity contribution < 1.29 is 4.79 Å². The summed E-state index contributed by atoms with van der Waals surface area (Å²) >= 11 is 1.20. The zero-order valence-corrected chi connectivity index (χ0v) is 24.6. The molecule has 0 radical (unpaired) electrons. The highest BCUT2D eigenvalue weighted by Crippen LogP contribution is 2.31. The fourth-order valence-corrected chi connectivity index (χ4v) is 6.26. The smallest absolute Gasteiger partial charge is 0.254 e. The van der Waals surface area contributed by atoms with E-state index in [1.165, 1.54) is 11.9 Å². The lowest BCUT2D eigenvalue weighted by Gasteiger charge is -2.37. The van der Waals surface area contributed by atoms with Gasteiger partial charge in [0.2, 0.25) is 0 Å². The minimum absolute atomic E-state index is 0.0798. The second-order valence-electron chi connectivity index (χ2n) is 10.3. The van der Waals surface area contributed by atoms with Crippen LogP contribution in [0.4, 0.5) is 11.5 Å². The van der Waals surface area contributed by atoms with E-state index in [0.29, 0.717) is 31.8 Å². The highest BCUT2D eigenvalue weighted by Gasteiger charge is 2.28. The van der Waals surface area contributed by atoms with Crippen LogP contribution in [0.1, 0.15) is 39.9 Å². The molecule has 8 nitrogen and oxygen atoms in total. The number of aryl methyl sites for hydroxylation is 2. The molecule has 9 heteroatoms. The van der Waals surface area contributed by atoms with Crippen LogP contribution >= 0.6 is 11.9 Å². The first kappa shape index (κ1) is 29.2. The summed E-state index contributed by atoms with van der Waals surface area (Å²) in [4.78, 5) is 25.7. The van der Waals surface area contributed by atoms with Gasteiger partial charge in [0.15, 0.2) is 0 Å². The van der Waals surface area contributed by atoms with E-state index in [2.05, 4.69) is 59.2 Å². The molecule has 0 aliphatic carbocycles. The Labute approximate surface area is 242 Å². The van der Waals surface area contributed by atoms with Crippen LogP contribution < -0.4 is 15.4 Å². The van der Waals surface area contributed by atoms with Gasteiger partial charge in [0.05, 0.1) is 16.2 Å². The second kappa shape index (κ2) is 13.1. The minimum atomic E-state index is 0.0798. The predicted octanol–water partition coefficient (Wildman–Crippen LogP) is 4.96. The number of anilines is 2. The van der Waals surface area contributed by atoms with E-state index in [1.54, 1.807) is 18.3 Å². The van der Waals surface area contributed by atoms with Crippen molar-refractivity contribution >= 4 is 29.4 Å². The van der Waals surface area contributed by atoms with Gasteiger partial charge in [0.25, 0.3) is 5.91 Å². The van der Waals surface area contributed by atoms with Crippen molar-refractivity contribution in [3.63, 3.8) is 0 Å². The molecule has 1 aromatic heterocycles. The fraction of sp³-hybridized carbons (Fsp3) is 0.387. The van der Waals surface area contributed by atoms with Gasteiger partial charge in [-0.1, -0.05) is 19.2 Å². The molecule has 0 bridgehead atoms. The molecule has 2 aliphatic heterocycles. The summed E-state index contributed by atoms with van der Waals surface area (Å²) in [5, 5.41) is 19.0. The number of nitrogens with two attached hydrogens (primary N) is 1. The van der Waals surface area contributed by atoms with Gasteiger partial charge < -0.3 is 20.0 Å². The first-order chi connectivity index (χ1) is 19.3. The lowest BCUT2D eigenvalue weighted by atomic mass is 9.94. The first-order valence-electron chi connectivity index (χ1n) is 13.7.